The molecule has 3 aromatic carbocycles. The normalized spacial score (nSPS) is 10.9. The summed E-state index contributed by atoms with van der Waals surface area (Å²) in [5.41, 5.74) is 3.40. The highest BCUT2D eigenvalue weighted by Gasteiger charge is 2.13. The van der Waals surface area contributed by atoms with Crippen LogP contribution in [0.4, 0.5) is 5.95 Å². The standard InChI is InChI=1S/C23H20BrN3O2/c1-15-6-11-21-20(12-15)22(28)27(18-5-3-4-17(24)13-18)23(26-21)25-14-16-7-9-19(29-2)10-8-16/h3-13H,14H2,1-2H3,(H,25,26). The second-order valence-corrected chi connectivity index (χ2v) is 7.69. The molecule has 1 heterocycles. The van der Waals surface area contributed by atoms with E-state index < -0.39 is 0 Å². The van der Waals surface area contributed by atoms with Gasteiger partial charge in [-0.15, -0.1) is 0 Å². The first-order valence-electron chi connectivity index (χ1n) is 9.21. The third-order valence-electron chi connectivity index (χ3n) is 4.70. The molecule has 4 aromatic rings. The number of nitrogens with zero attached hydrogens (tertiary/aromatic N) is 2. The van der Waals surface area contributed by atoms with Crippen LogP contribution in [0.3, 0.4) is 0 Å². The van der Waals surface area contributed by atoms with Gasteiger partial charge in [0.1, 0.15) is 5.75 Å². The number of aromatic nitrogens is 2. The van der Waals surface area contributed by atoms with E-state index in [1.54, 1.807) is 11.7 Å². The fourth-order valence-electron chi connectivity index (χ4n) is 3.20. The van der Waals surface area contributed by atoms with Crippen LogP contribution in [0.2, 0.25) is 0 Å². The van der Waals surface area contributed by atoms with Crippen LogP contribution in [0.25, 0.3) is 16.6 Å². The molecule has 0 unspecified atom stereocenters. The maximum absolute atomic E-state index is 13.4. The molecule has 1 N–H and O–H groups in total. The second-order valence-electron chi connectivity index (χ2n) is 6.78. The SMILES string of the molecule is COc1ccc(CNc2nc3ccc(C)cc3c(=O)n2-c2cccc(Br)c2)cc1. The monoisotopic (exact) mass is 449 g/mol. The number of fused-ring (bicyclic) bond motifs is 1. The van der Waals surface area contributed by atoms with E-state index in [1.165, 1.54) is 0 Å². The van der Waals surface area contributed by atoms with E-state index in [0.29, 0.717) is 23.4 Å². The molecule has 6 heteroatoms. The molecule has 0 saturated carbocycles. The van der Waals surface area contributed by atoms with E-state index >= 15 is 0 Å². The minimum Gasteiger partial charge on any atom is -0.497 e. The van der Waals surface area contributed by atoms with Gasteiger partial charge in [0.25, 0.3) is 5.56 Å². The summed E-state index contributed by atoms with van der Waals surface area (Å²) in [5, 5.41) is 3.93. The summed E-state index contributed by atoms with van der Waals surface area (Å²) in [6.45, 7) is 2.50. The lowest BCUT2D eigenvalue weighted by molar-refractivity contribution is 0.414. The smallest absolute Gasteiger partial charge is 0.267 e. The third kappa shape index (κ3) is 4.03. The van der Waals surface area contributed by atoms with E-state index in [1.807, 2.05) is 73.7 Å². The molecule has 0 spiro atoms. The van der Waals surface area contributed by atoms with Crippen molar-refractivity contribution in [3.05, 3.63) is 92.7 Å². The Morgan fingerprint density at radius 3 is 2.59 bits per heavy atom. The molecule has 5 nitrogen and oxygen atoms in total. The van der Waals surface area contributed by atoms with Gasteiger partial charge in [0, 0.05) is 11.0 Å². The number of rotatable bonds is 5. The van der Waals surface area contributed by atoms with Crippen molar-refractivity contribution in [3.63, 3.8) is 0 Å². The molecule has 0 radical (unpaired) electrons. The number of ether oxygens (including phenoxy) is 1. The molecule has 0 bridgehead atoms. The molecular weight excluding hydrogens is 430 g/mol. The highest BCUT2D eigenvalue weighted by atomic mass is 79.9. The molecule has 0 aliphatic rings. The number of hydrogen-bond acceptors (Lipinski definition) is 4. The van der Waals surface area contributed by atoms with Gasteiger partial charge in [0.2, 0.25) is 5.95 Å². The Bertz CT molecular complexity index is 1230. The van der Waals surface area contributed by atoms with Crippen LogP contribution in [0.5, 0.6) is 5.75 Å². The van der Waals surface area contributed by atoms with Crippen molar-refractivity contribution >= 4 is 32.8 Å². The average molecular weight is 450 g/mol. The summed E-state index contributed by atoms with van der Waals surface area (Å²) in [5.74, 6) is 1.30. The van der Waals surface area contributed by atoms with Gasteiger partial charge in [-0.3, -0.25) is 4.79 Å². The maximum atomic E-state index is 13.4. The molecule has 146 valence electrons. The lowest BCUT2D eigenvalue weighted by atomic mass is 10.1. The van der Waals surface area contributed by atoms with Gasteiger partial charge in [-0.25, -0.2) is 9.55 Å². The van der Waals surface area contributed by atoms with Gasteiger partial charge in [0.15, 0.2) is 0 Å². The first-order valence-corrected chi connectivity index (χ1v) is 10.0. The van der Waals surface area contributed by atoms with Gasteiger partial charge in [-0.05, 0) is 55.0 Å². The number of nitrogens with one attached hydrogen (secondary N) is 1. The molecule has 0 aliphatic carbocycles. The maximum Gasteiger partial charge on any atom is 0.267 e. The fraction of sp³-hybridized carbons (Fsp3) is 0.130. The molecular formula is C23H20BrN3O2. The predicted molar refractivity (Wildman–Crippen MR) is 120 cm³/mol. The van der Waals surface area contributed by atoms with E-state index in [-0.39, 0.29) is 5.56 Å². The predicted octanol–water partition coefficient (Wildman–Crippen LogP) is 5.08. The largest absolute Gasteiger partial charge is 0.497 e. The van der Waals surface area contributed by atoms with Crippen LogP contribution in [-0.4, -0.2) is 16.7 Å². The van der Waals surface area contributed by atoms with Crippen LogP contribution in [0.15, 0.2) is 76.0 Å². The Labute approximate surface area is 177 Å². The number of benzene rings is 3. The molecule has 0 saturated heterocycles. The zero-order valence-corrected chi connectivity index (χ0v) is 17.7. The van der Waals surface area contributed by atoms with E-state index in [9.17, 15) is 4.79 Å². The zero-order valence-electron chi connectivity index (χ0n) is 16.1. The van der Waals surface area contributed by atoms with Gasteiger partial charge in [-0.2, -0.15) is 0 Å². The van der Waals surface area contributed by atoms with Crippen LogP contribution >= 0.6 is 15.9 Å². The number of halogens is 1. The Kier molecular flexibility index (Phi) is 5.36. The van der Waals surface area contributed by atoms with Crippen molar-refractivity contribution in [3.8, 4) is 11.4 Å². The number of methoxy groups -OCH3 is 1. The van der Waals surface area contributed by atoms with Gasteiger partial charge in [0.05, 0.1) is 23.7 Å². The summed E-state index contributed by atoms with van der Waals surface area (Å²) < 4.78 is 7.73. The molecule has 1 aromatic heterocycles. The van der Waals surface area contributed by atoms with E-state index in [4.69, 9.17) is 9.72 Å². The lowest BCUT2D eigenvalue weighted by Crippen LogP contribution is -2.24. The number of aryl methyl sites for hydroxylation is 1. The fourth-order valence-corrected chi connectivity index (χ4v) is 3.58. The van der Waals surface area contributed by atoms with Gasteiger partial charge < -0.3 is 10.1 Å². The molecule has 4 rings (SSSR count). The summed E-state index contributed by atoms with van der Waals surface area (Å²) in [7, 11) is 1.64. The average Bonchev–Trinajstić information content (AvgIpc) is 2.73. The van der Waals surface area contributed by atoms with Crippen LogP contribution in [0, 0.1) is 6.92 Å². The first kappa shape index (κ1) is 19.2. The third-order valence-corrected chi connectivity index (χ3v) is 5.19. The highest BCUT2D eigenvalue weighted by molar-refractivity contribution is 9.10. The highest BCUT2D eigenvalue weighted by Crippen LogP contribution is 2.21. The Balaban J connectivity index is 1.81. The zero-order chi connectivity index (χ0) is 20.4. The molecule has 0 fully saturated rings. The molecule has 0 amide bonds. The van der Waals surface area contributed by atoms with Crippen LogP contribution < -0.4 is 15.6 Å². The van der Waals surface area contributed by atoms with Crippen LogP contribution in [-0.2, 0) is 6.54 Å². The van der Waals surface area contributed by atoms with Crippen molar-refractivity contribution in [1.82, 2.24) is 9.55 Å². The van der Waals surface area contributed by atoms with Crippen molar-refractivity contribution in [2.24, 2.45) is 0 Å². The van der Waals surface area contributed by atoms with Gasteiger partial charge >= 0.3 is 0 Å². The molecule has 29 heavy (non-hydrogen) atoms. The second kappa shape index (κ2) is 8.09. The lowest BCUT2D eigenvalue weighted by Gasteiger charge is -2.15. The minimum atomic E-state index is -0.103. The molecule has 0 aliphatic heterocycles. The summed E-state index contributed by atoms with van der Waals surface area (Å²) in [6.07, 6.45) is 0. The summed E-state index contributed by atoms with van der Waals surface area (Å²) in [6, 6.07) is 21.2. The van der Waals surface area contributed by atoms with Gasteiger partial charge in [-0.1, -0.05) is 45.8 Å². The minimum absolute atomic E-state index is 0.103. The quantitative estimate of drug-likeness (QED) is 0.461. The van der Waals surface area contributed by atoms with Crippen molar-refractivity contribution in [2.45, 2.75) is 13.5 Å². The Morgan fingerprint density at radius 2 is 1.86 bits per heavy atom. The number of anilines is 1. The van der Waals surface area contributed by atoms with Crippen LogP contribution in [0.1, 0.15) is 11.1 Å². The van der Waals surface area contributed by atoms with Crippen molar-refractivity contribution < 1.29 is 4.74 Å². The first-order chi connectivity index (χ1) is 14.0. The topological polar surface area (TPSA) is 56.1 Å². The summed E-state index contributed by atoms with van der Waals surface area (Å²) >= 11 is 3.49. The number of hydrogen-bond donors (Lipinski definition) is 1. The van der Waals surface area contributed by atoms with E-state index in [0.717, 1.165) is 27.0 Å². The Hall–Kier alpha value is -3.12. The van der Waals surface area contributed by atoms with Crippen molar-refractivity contribution in [2.75, 3.05) is 12.4 Å². The molecule has 0 atom stereocenters. The summed E-state index contributed by atoms with van der Waals surface area (Å²) in [4.78, 5) is 18.1. The van der Waals surface area contributed by atoms with Crippen molar-refractivity contribution in [1.29, 1.82) is 0 Å². The van der Waals surface area contributed by atoms with E-state index in [2.05, 4.69) is 21.2 Å². The Morgan fingerprint density at radius 1 is 1.07 bits per heavy atom.